The minimum Gasteiger partial charge on any atom is -0.455 e. The molecule has 10 aromatic carbocycles. The van der Waals surface area contributed by atoms with Gasteiger partial charge in [-0.2, -0.15) is 0 Å². The second-order valence-electron chi connectivity index (χ2n) is 15.7. The van der Waals surface area contributed by atoms with E-state index < -0.39 is 0 Å². The molecule has 292 valence electrons. The highest BCUT2D eigenvalue weighted by atomic mass is 16.5. The summed E-state index contributed by atoms with van der Waals surface area (Å²) in [4.78, 5) is 4.61. The smallest absolute Gasteiger partial charge is 0.159 e. The number of furan rings is 1. The van der Waals surface area contributed by atoms with Gasteiger partial charge >= 0.3 is 0 Å². The molecule has 2 heterocycles. The largest absolute Gasteiger partial charge is 0.455 e. The summed E-state index contributed by atoms with van der Waals surface area (Å²) in [5.41, 5.74) is 14.6. The lowest BCUT2D eigenvalue weighted by atomic mass is 9.93. The van der Waals surface area contributed by atoms with Crippen molar-refractivity contribution in [2.45, 2.75) is 0 Å². The average Bonchev–Trinajstić information content (AvgIpc) is 3.73. The maximum absolute atomic E-state index is 7.25. The molecule has 0 unspecified atom stereocenters. The maximum Gasteiger partial charge on any atom is 0.159 e. The van der Waals surface area contributed by atoms with Gasteiger partial charge in [-0.05, 0) is 94.4 Å². The SMILES string of the molecule is c1ccc(-c2ccc(N(c3ccc(-c4cccc5c4oc4ccccc45)cc3)c3cccc4c3Oc3cc(N(c5ccccc5)c5ccccc5)cc5cccc-4c35)cc2)cc1. The van der Waals surface area contributed by atoms with E-state index in [1.807, 2.05) is 12.1 Å². The van der Waals surface area contributed by atoms with Crippen molar-refractivity contribution in [2.24, 2.45) is 0 Å². The number of ether oxygens (including phenoxy) is 1. The van der Waals surface area contributed by atoms with Gasteiger partial charge in [-0.25, -0.2) is 0 Å². The van der Waals surface area contributed by atoms with Crippen LogP contribution in [0.4, 0.5) is 34.1 Å². The average molecular weight is 795 g/mol. The monoisotopic (exact) mass is 794 g/mol. The minimum atomic E-state index is 0.805. The number of nitrogens with zero attached hydrogens (tertiary/aromatic N) is 2. The summed E-state index contributed by atoms with van der Waals surface area (Å²) in [5.74, 6) is 1.62. The molecule has 0 spiro atoms. The molecule has 11 aromatic rings. The van der Waals surface area contributed by atoms with Crippen LogP contribution < -0.4 is 14.5 Å². The normalized spacial score (nSPS) is 11.7. The lowest BCUT2D eigenvalue weighted by Gasteiger charge is -2.32. The first-order chi connectivity index (χ1) is 30.7. The summed E-state index contributed by atoms with van der Waals surface area (Å²) >= 11 is 0. The van der Waals surface area contributed by atoms with Gasteiger partial charge in [0, 0.05) is 56.1 Å². The van der Waals surface area contributed by atoms with E-state index in [-0.39, 0.29) is 0 Å². The molecule has 0 fully saturated rings. The van der Waals surface area contributed by atoms with Crippen LogP contribution in [0, 0.1) is 0 Å². The van der Waals surface area contributed by atoms with Crippen molar-refractivity contribution in [1.29, 1.82) is 0 Å². The van der Waals surface area contributed by atoms with Crippen LogP contribution in [0.5, 0.6) is 11.5 Å². The van der Waals surface area contributed by atoms with Gasteiger partial charge in [-0.15, -0.1) is 0 Å². The molecule has 0 radical (unpaired) electrons. The van der Waals surface area contributed by atoms with Crippen LogP contribution >= 0.6 is 0 Å². The summed E-state index contributed by atoms with van der Waals surface area (Å²) in [7, 11) is 0. The molecule has 4 heteroatoms. The molecule has 0 N–H and O–H groups in total. The van der Waals surface area contributed by atoms with Crippen LogP contribution in [-0.2, 0) is 0 Å². The third-order valence-electron chi connectivity index (χ3n) is 12.0. The molecule has 1 aromatic heterocycles. The molecule has 0 saturated heterocycles. The molecule has 4 nitrogen and oxygen atoms in total. The summed E-state index contributed by atoms with van der Waals surface area (Å²) in [5, 5.41) is 4.46. The predicted octanol–water partition coefficient (Wildman–Crippen LogP) is 16.8. The molecular formula is C58H38N2O2. The number of fused-ring (bicyclic) bond motifs is 5. The summed E-state index contributed by atoms with van der Waals surface area (Å²) in [6.45, 7) is 0. The maximum atomic E-state index is 7.25. The van der Waals surface area contributed by atoms with E-state index in [4.69, 9.17) is 9.15 Å². The highest BCUT2D eigenvalue weighted by Gasteiger charge is 2.28. The van der Waals surface area contributed by atoms with E-state index in [9.17, 15) is 0 Å². The fourth-order valence-corrected chi connectivity index (χ4v) is 9.16. The molecule has 0 atom stereocenters. The van der Waals surface area contributed by atoms with Crippen LogP contribution in [0.15, 0.2) is 235 Å². The number of hydrogen-bond donors (Lipinski definition) is 0. The number of rotatable bonds is 8. The van der Waals surface area contributed by atoms with Crippen LogP contribution in [0.3, 0.4) is 0 Å². The van der Waals surface area contributed by atoms with E-state index in [2.05, 4.69) is 228 Å². The van der Waals surface area contributed by atoms with Crippen LogP contribution in [0.25, 0.3) is 66.1 Å². The van der Waals surface area contributed by atoms with E-state index in [1.165, 1.54) is 5.56 Å². The van der Waals surface area contributed by atoms with Crippen molar-refractivity contribution in [3.63, 3.8) is 0 Å². The zero-order chi connectivity index (χ0) is 41.0. The lowest BCUT2D eigenvalue weighted by molar-refractivity contribution is 0.488. The van der Waals surface area contributed by atoms with Gasteiger partial charge in [0.2, 0.25) is 0 Å². The van der Waals surface area contributed by atoms with Crippen molar-refractivity contribution >= 4 is 66.8 Å². The van der Waals surface area contributed by atoms with Gasteiger partial charge < -0.3 is 19.0 Å². The van der Waals surface area contributed by atoms with Gasteiger partial charge in [-0.1, -0.05) is 158 Å². The third kappa shape index (κ3) is 6.00. The van der Waals surface area contributed by atoms with E-state index >= 15 is 0 Å². The molecule has 0 bridgehead atoms. The van der Waals surface area contributed by atoms with Crippen molar-refractivity contribution in [2.75, 3.05) is 9.80 Å². The van der Waals surface area contributed by atoms with Crippen LogP contribution in [0.1, 0.15) is 0 Å². The highest BCUT2D eigenvalue weighted by Crippen LogP contribution is 2.54. The Morgan fingerprint density at radius 1 is 0.339 bits per heavy atom. The Morgan fingerprint density at radius 2 is 0.887 bits per heavy atom. The Balaban J connectivity index is 1.01. The first-order valence-electron chi connectivity index (χ1n) is 21.0. The fourth-order valence-electron chi connectivity index (χ4n) is 9.16. The van der Waals surface area contributed by atoms with Crippen molar-refractivity contribution in [3.05, 3.63) is 231 Å². The van der Waals surface area contributed by atoms with Gasteiger partial charge in [0.05, 0.1) is 11.4 Å². The molecule has 0 aliphatic carbocycles. The van der Waals surface area contributed by atoms with E-state index in [1.54, 1.807) is 0 Å². The number of anilines is 6. The number of para-hydroxylation sites is 5. The fraction of sp³-hybridized carbons (Fsp3) is 0. The Morgan fingerprint density at radius 3 is 1.61 bits per heavy atom. The van der Waals surface area contributed by atoms with Crippen molar-refractivity contribution < 1.29 is 9.15 Å². The molecule has 62 heavy (non-hydrogen) atoms. The van der Waals surface area contributed by atoms with E-state index in [0.717, 1.165) is 106 Å². The predicted molar refractivity (Wildman–Crippen MR) is 257 cm³/mol. The third-order valence-corrected chi connectivity index (χ3v) is 12.0. The van der Waals surface area contributed by atoms with Crippen LogP contribution in [-0.4, -0.2) is 0 Å². The second kappa shape index (κ2) is 14.7. The minimum absolute atomic E-state index is 0.805. The molecule has 1 aliphatic rings. The zero-order valence-electron chi connectivity index (χ0n) is 33.7. The first kappa shape index (κ1) is 35.6. The van der Waals surface area contributed by atoms with E-state index in [0.29, 0.717) is 0 Å². The summed E-state index contributed by atoms with van der Waals surface area (Å²) < 4.78 is 13.7. The standard InChI is InChI=1S/C58H38N2O2/c1-4-15-39(16-5-1)40-29-33-45(34-30-40)60(46-35-31-41(32-36-46)48-23-13-25-51-49-22-10-11-28-54(49)61-57(48)51)53-27-14-26-52-50-24-12-17-42-37-47(38-55(56(42)50)62-58(52)53)59(43-18-6-2-7-19-43)44-20-8-3-9-21-44/h1-38H. The summed E-state index contributed by atoms with van der Waals surface area (Å²) in [6, 6.07) is 81.3. The Hall–Kier alpha value is -8.34. The van der Waals surface area contributed by atoms with Crippen molar-refractivity contribution in [1.82, 2.24) is 0 Å². The van der Waals surface area contributed by atoms with Crippen LogP contribution in [0.2, 0.25) is 0 Å². The lowest BCUT2D eigenvalue weighted by Crippen LogP contribution is -2.13. The molecule has 1 aliphatic heterocycles. The van der Waals surface area contributed by atoms with Gasteiger partial charge in [-0.3, -0.25) is 0 Å². The van der Waals surface area contributed by atoms with Gasteiger partial charge in [0.25, 0.3) is 0 Å². The van der Waals surface area contributed by atoms with Gasteiger partial charge in [0.1, 0.15) is 16.9 Å². The topological polar surface area (TPSA) is 28.9 Å². The number of hydrogen-bond acceptors (Lipinski definition) is 4. The quantitative estimate of drug-likeness (QED) is 0.153. The molecule has 12 rings (SSSR count). The zero-order valence-corrected chi connectivity index (χ0v) is 33.7. The van der Waals surface area contributed by atoms with Crippen molar-refractivity contribution in [3.8, 4) is 44.9 Å². The van der Waals surface area contributed by atoms with Gasteiger partial charge in [0.15, 0.2) is 5.75 Å². The first-order valence-corrected chi connectivity index (χ1v) is 21.0. The number of benzene rings is 10. The summed E-state index contributed by atoms with van der Waals surface area (Å²) in [6.07, 6.45) is 0. The molecule has 0 saturated carbocycles. The second-order valence-corrected chi connectivity index (χ2v) is 15.7. The Labute approximate surface area is 359 Å². The molecular weight excluding hydrogens is 757 g/mol. The Bertz CT molecular complexity index is 3380. The Kier molecular flexibility index (Phi) is 8.46. The molecule has 0 amide bonds. The highest BCUT2D eigenvalue weighted by molar-refractivity contribution is 6.10.